The SMILES string of the molecule is CCCCCc1ccc(CNNCc2ccc(CC(C)(C)C)cc2)cc1. The molecule has 0 aliphatic carbocycles. The van der Waals surface area contributed by atoms with Crippen molar-refractivity contribution in [3.63, 3.8) is 0 Å². The lowest BCUT2D eigenvalue weighted by Gasteiger charge is -2.18. The second-order valence-corrected chi connectivity index (χ2v) is 8.53. The minimum atomic E-state index is 0.340. The topological polar surface area (TPSA) is 24.1 Å². The molecule has 2 N–H and O–H groups in total. The fourth-order valence-electron chi connectivity index (χ4n) is 3.12. The summed E-state index contributed by atoms with van der Waals surface area (Å²) >= 11 is 0. The van der Waals surface area contributed by atoms with Crippen molar-refractivity contribution in [1.29, 1.82) is 0 Å². The van der Waals surface area contributed by atoms with Gasteiger partial charge in [-0.25, -0.2) is 0 Å². The summed E-state index contributed by atoms with van der Waals surface area (Å²) in [6, 6.07) is 17.9. The van der Waals surface area contributed by atoms with E-state index in [-0.39, 0.29) is 0 Å². The second kappa shape index (κ2) is 10.5. The Morgan fingerprint density at radius 2 is 1.12 bits per heavy atom. The number of benzene rings is 2. The molecule has 0 aromatic heterocycles. The molecule has 0 aliphatic heterocycles. The number of hydrogen-bond acceptors (Lipinski definition) is 2. The summed E-state index contributed by atoms with van der Waals surface area (Å²) in [4.78, 5) is 0. The Bertz CT molecular complexity index is 621. The Morgan fingerprint density at radius 3 is 1.58 bits per heavy atom. The summed E-state index contributed by atoms with van der Waals surface area (Å²) in [6.07, 6.45) is 6.22. The number of rotatable bonds is 10. The van der Waals surface area contributed by atoms with Gasteiger partial charge in [0.15, 0.2) is 0 Å². The van der Waals surface area contributed by atoms with Crippen LogP contribution in [0.5, 0.6) is 0 Å². The van der Waals surface area contributed by atoms with Gasteiger partial charge in [-0.1, -0.05) is 89.1 Å². The summed E-state index contributed by atoms with van der Waals surface area (Å²) in [5.41, 5.74) is 12.5. The zero-order valence-corrected chi connectivity index (χ0v) is 17.1. The van der Waals surface area contributed by atoms with Gasteiger partial charge in [0.2, 0.25) is 0 Å². The first kappa shape index (κ1) is 20.7. The van der Waals surface area contributed by atoms with E-state index in [4.69, 9.17) is 0 Å². The van der Waals surface area contributed by atoms with Gasteiger partial charge in [0.05, 0.1) is 0 Å². The first-order valence-electron chi connectivity index (χ1n) is 10.1. The lowest BCUT2D eigenvalue weighted by atomic mass is 9.88. The molecule has 2 aromatic rings. The molecular formula is C24H36N2. The van der Waals surface area contributed by atoms with Gasteiger partial charge in [-0.2, -0.15) is 0 Å². The maximum Gasteiger partial charge on any atom is 0.0351 e. The highest BCUT2D eigenvalue weighted by Gasteiger charge is 2.10. The Kier molecular flexibility index (Phi) is 8.34. The van der Waals surface area contributed by atoms with Crippen LogP contribution < -0.4 is 10.9 Å². The van der Waals surface area contributed by atoms with Crippen LogP contribution in [-0.2, 0) is 25.9 Å². The van der Waals surface area contributed by atoms with Gasteiger partial charge in [-0.15, -0.1) is 0 Å². The molecule has 0 saturated carbocycles. The average Bonchev–Trinajstić information content (AvgIpc) is 2.60. The Hall–Kier alpha value is -1.64. The largest absolute Gasteiger partial charge is 0.253 e. The second-order valence-electron chi connectivity index (χ2n) is 8.53. The number of aryl methyl sites for hydroxylation is 1. The maximum atomic E-state index is 3.32. The molecule has 0 unspecified atom stereocenters. The average molecular weight is 353 g/mol. The van der Waals surface area contributed by atoms with E-state index in [0.717, 1.165) is 19.5 Å². The molecule has 0 spiro atoms. The van der Waals surface area contributed by atoms with E-state index in [0.29, 0.717) is 5.41 Å². The fraction of sp³-hybridized carbons (Fsp3) is 0.500. The minimum Gasteiger partial charge on any atom is -0.253 e. The number of nitrogens with one attached hydrogen (secondary N) is 2. The summed E-state index contributed by atoms with van der Waals surface area (Å²) in [6.45, 7) is 10.8. The predicted octanol–water partition coefficient (Wildman–Crippen LogP) is 5.80. The van der Waals surface area contributed by atoms with E-state index in [2.05, 4.69) is 87.1 Å². The van der Waals surface area contributed by atoms with E-state index in [1.165, 1.54) is 47.9 Å². The van der Waals surface area contributed by atoms with Crippen molar-refractivity contribution in [2.24, 2.45) is 5.41 Å². The predicted molar refractivity (Wildman–Crippen MR) is 113 cm³/mol. The molecule has 0 radical (unpaired) electrons. The van der Waals surface area contributed by atoms with Gasteiger partial charge in [0, 0.05) is 13.1 Å². The monoisotopic (exact) mass is 352 g/mol. The van der Waals surface area contributed by atoms with Crippen LogP contribution in [0.25, 0.3) is 0 Å². The van der Waals surface area contributed by atoms with Crippen LogP contribution in [0, 0.1) is 5.41 Å². The highest BCUT2D eigenvalue weighted by Crippen LogP contribution is 2.20. The van der Waals surface area contributed by atoms with Gasteiger partial charge in [-0.05, 0) is 46.9 Å². The Labute approximate surface area is 160 Å². The highest BCUT2D eigenvalue weighted by molar-refractivity contribution is 5.24. The smallest absolute Gasteiger partial charge is 0.0351 e. The molecule has 2 rings (SSSR count). The van der Waals surface area contributed by atoms with E-state index in [1.807, 2.05) is 0 Å². The molecule has 0 aliphatic rings. The van der Waals surface area contributed by atoms with Crippen molar-refractivity contribution < 1.29 is 0 Å². The first-order chi connectivity index (χ1) is 12.5. The Morgan fingerprint density at radius 1 is 0.654 bits per heavy atom. The third-order valence-corrected chi connectivity index (χ3v) is 4.56. The van der Waals surface area contributed by atoms with Crippen molar-refractivity contribution in [2.75, 3.05) is 0 Å². The van der Waals surface area contributed by atoms with Gasteiger partial charge >= 0.3 is 0 Å². The van der Waals surface area contributed by atoms with E-state index in [9.17, 15) is 0 Å². The van der Waals surface area contributed by atoms with Crippen molar-refractivity contribution in [1.82, 2.24) is 10.9 Å². The highest BCUT2D eigenvalue weighted by atomic mass is 15.3. The molecule has 0 fully saturated rings. The molecular weight excluding hydrogens is 316 g/mol. The summed E-state index contributed by atoms with van der Waals surface area (Å²) < 4.78 is 0. The van der Waals surface area contributed by atoms with E-state index < -0.39 is 0 Å². The molecule has 0 heterocycles. The van der Waals surface area contributed by atoms with Gasteiger partial charge < -0.3 is 0 Å². The molecule has 0 bridgehead atoms. The first-order valence-corrected chi connectivity index (χ1v) is 10.1. The molecule has 2 heteroatoms. The molecule has 0 amide bonds. The minimum absolute atomic E-state index is 0.340. The molecule has 142 valence electrons. The summed E-state index contributed by atoms with van der Waals surface area (Å²) in [5.74, 6) is 0. The molecule has 2 nitrogen and oxygen atoms in total. The van der Waals surface area contributed by atoms with Crippen LogP contribution in [-0.4, -0.2) is 0 Å². The third kappa shape index (κ3) is 8.16. The fourth-order valence-corrected chi connectivity index (χ4v) is 3.12. The number of hydrazine groups is 1. The van der Waals surface area contributed by atoms with Crippen LogP contribution in [0.3, 0.4) is 0 Å². The van der Waals surface area contributed by atoms with Crippen LogP contribution in [0.15, 0.2) is 48.5 Å². The molecule has 0 atom stereocenters. The molecule has 2 aromatic carbocycles. The normalized spacial score (nSPS) is 11.7. The third-order valence-electron chi connectivity index (χ3n) is 4.56. The zero-order valence-electron chi connectivity index (χ0n) is 17.1. The summed E-state index contributed by atoms with van der Waals surface area (Å²) in [5, 5.41) is 0. The van der Waals surface area contributed by atoms with Gasteiger partial charge in [-0.3, -0.25) is 10.9 Å². The van der Waals surface area contributed by atoms with Crippen molar-refractivity contribution in [2.45, 2.75) is 72.9 Å². The number of hydrogen-bond donors (Lipinski definition) is 2. The number of unbranched alkanes of at least 4 members (excludes halogenated alkanes) is 2. The van der Waals surface area contributed by atoms with E-state index in [1.54, 1.807) is 0 Å². The molecule has 0 saturated heterocycles. The standard InChI is InChI=1S/C24H36N2/c1-5-6-7-8-20-9-13-22(14-10-20)18-25-26-19-23-15-11-21(12-16-23)17-24(2,3)4/h9-16,25-26H,5-8,17-19H2,1-4H3. The van der Waals surface area contributed by atoms with Crippen LogP contribution in [0.1, 0.15) is 69.2 Å². The lowest BCUT2D eigenvalue weighted by molar-refractivity contribution is 0.411. The quantitative estimate of drug-likeness (QED) is 0.417. The van der Waals surface area contributed by atoms with Crippen molar-refractivity contribution in [3.05, 3.63) is 70.8 Å². The Balaban J connectivity index is 1.68. The van der Waals surface area contributed by atoms with Crippen LogP contribution in [0.2, 0.25) is 0 Å². The van der Waals surface area contributed by atoms with E-state index >= 15 is 0 Å². The maximum absolute atomic E-state index is 3.32. The van der Waals surface area contributed by atoms with Crippen LogP contribution in [0.4, 0.5) is 0 Å². The van der Waals surface area contributed by atoms with Crippen LogP contribution >= 0.6 is 0 Å². The zero-order chi connectivity index (χ0) is 18.8. The van der Waals surface area contributed by atoms with Crippen molar-refractivity contribution >= 4 is 0 Å². The van der Waals surface area contributed by atoms with Gasteiger partial charge in [0.1, 0.15) is 0 Å². The van der Waals surface area contributed by atoms with Gasteiger partial charge in [0.25, 0.3) is 0 Å². The molecule has 26 heavy (non-hydrogen) atoms. The summed E-state index contributed by atoms with van der Waals surface area (Å²) in [7, 11) is 0. The lowest BCUT2D eigenvalue weighted by Crippen LogP contribution is -2.30. The van der Waals surface area contributed by atoms with Crippen molar-refractivity contribution in [3.8, 4) is 0 Å².